The highest BCUT2D eigenvalue weighted by molar-refractivity contribution is 5.98. The number of urea groups is 1. The predicted molar refractivity (Wildman–Crippen MR) is 105 cm³/mol. The Kier molecular flexibility index (Phi) is 5.71. The summed E-state index contributed by atoms with van der Waals surface area (Å²) in [7, 11) is 0. The summed E-state index contributed by atoms with van der Waals surface area (Å²) in [5.41, 5.74) is 2.87. The average Bonchev–Trinajstić information content (AvgIpc) is 3.45. The first-order valence-corrected chi connectivity index (χ1v) is 8.82. The maximum atomic E-state index is 12.0. The lowest BCUT2D eigenvalue weighted by molar-refractivity contribution is -0.117. The third-order valence-corrected chi connectivity index (χ3v) is 4.05. The minimum absolute atomic E-state index is 0.00737. The van der Waals surface area contributed by atoms with Gasteiger partial charge in [0, 0.05) is 23.0 Å². The van der Waals surface area contributed by atoms with Crippen molar-refractivity contribution >= 4 is 34.9 Å². The SMILES string of the molecule is Cc1cccc(NC(=O)NCC(=O)Nc2cccc(NC(=O)C3CC3)c2)c1. The lowest BCUT2D eigenvalue weighted by Crippen LogP contribution is -2.35. The fourth-order valence-electron chi connectivity index (χ4n) is 2.53. The highest BCUT2D eigenvalue weighted by Crippen LogP contribution is 2.30. The zero-order valence-corrected chi connectivity index (χ0v) is 15.0. The van der Waals surface area contributed by atoms with Gasteiger partial charge in [-0.3, -0.25) is 9.59 Å². The number of aryl methyl sites for hydroxylation is 1. The van der Waals surface area contributed by atoms with E-state index in [1.807, 2.05) is 25.1 Å². The fourth-order valence-corrected chi connectivity index (χ4v) is 2.53. The van der Waals surface area contributed by atoms with Gasteiger partial charge in [0.15, 0.2) is 0 Å². The molecular formula is C20H22N4O3. The van der Waals surface area contributed by atoms with Crippen molar-refractivity contribution in [1.29, 1.82) is 0 Å². The first-order valence-electron chi connectivity index (χ1n) is 8.82. The molecule has 1 fully saturated rings. The van der Waals surface area contributed by atoms with Crippen LogP contribution in [0.3, 0.4) is 0 Å². The lowest BCUT2D eigenvalue weighted by Gasteiger charge is -2.10. The maximum absolute atomic E-state index is 12.0. The molecule has 0 heterocycles. The fraction of sp³-hybridized carbons (Fsp3) is 0.250. The Balaban J connectivity index is 1.46. The van der Waals surface area contributed by atoms with Crippen LogP contribution in [0, 0.1) is 12.8 Å². The minimum atomic E-state index is -0.457. The van der Waals surface area contributed by atoms with Crippen molar-refractivity contribution in [2.45, 2.75) is 19.8 Å². The van der Waals surface area contributed by atoms with Crippen LogP contribution in [0.1, 0.15) is 18.4 Å². The largest absolute Gasteiger partial charge is 0.329 e. The molecule has 0 bridgehead atoms. The molecule has 4 amide bonds. The summed E-state index contributed by atoms with van der Waals surface area (Å²) in [4.78, 5) is 35.7. The molecule has 0 saturated heterocycles. The van der Waals surface area contributed by atoms with Crippen LogP contribution >= 0.6 is 0 Å². The Morgan fingerprint density at radius 3 is 2.19 bits per heavy atom. The standard InChI is InChI=1S/C20H22N4O3/c1-13-4-2-5-15(10-13)24-20(27)21-12-18(25)22-16-6-3-7-17(11-16)23-19(26)14-8-9-14/h2-7,10-11,14H,8-9,12H2,1H3,(H,22,25)(H,23,26)(H2,21,24,27). The van der Waals surface area contributed by atoms with Gasteiger partial charge < -0.3 is 21.3 Å². The highest BCUT2D eigenvalue weighted by Gasteiger charge is 2.29. The smallest absolute Gasteiger partial charge is 0.319 e. The van der Waals surface area contributed by atoms with Crippen LogP contribution in [0.15, 0.2) is 48.5 Å². The number of amides is 4. The van der Waals surface area contributed by atoms with E-state index >= 15 is 0 Å². The molecule has 0 aromatic heterocycles. The monoisotopic (exact) mass is 366 g/mol. The van der Waals surface area contributed by atoms with E-state index in [0.29, 0.717) is 17.1 Å². The summed E-state index contributed by atoms with van der Waals surface area (Å²) in [5, 5.41) is 10.7. The zero-order valence-electron chi connectivity index (χ0n) is 15.0. The number of hydrogen-bond donors (Lipinski definition) is 4. The summed E-state index contributed by atoms with van der Waals surface area (Å²) >= 11 is 0. The number of anilines is 3. The minimum Gasteiger partial charge on any atom is -0.329 e. The van der Waals surface area contributed by atoms with E-state index in [4.69, 9.17) is 0 Å². The number of carbonyl (C=O) groups excluding carboxylic acids is 3. The van der Waals surface area contributed by atoms with Crippen molar-refractivity contribution in [2.75, 3.05) is 22.5 Å². The summed E-state index contributed by atoms with van der Waals surface area (Å²) in [5.74, 6) is -0.243. The second-order valence-corrected chi connectivity index (χ2v) is 6.57. The molecular weight excluding hydrogens is 344 g/mol. The third-order valence-electron chi connectivity index (χ3n) is 4.05. The van der Waals surface area contributed by atoms with Crippen LogP contribution in [0.2, 0.25) is 0 Å². The Labute approximate surface area is 157 Å². The van der Waals surface area contributed by atoms with Crippen LogP contribution in [0.4, 0.5) is 21.9 Å². The van der Waals surface area contributed by atoms with Crippen molar-refractivity contribution in [3.05, 3.63) is 54.1 Å². The van der Waals surface area contributed by atoms with Gasteiger partial charge in [0.2, 0.25) is 11.8 Å². The highest BCUT2D eigenvalue weighted by atomic mass is 16.2. The number of carbonyl (C=O) groups is 3. The van der Waals surface area contributed by atoms with Crippen LogP contribution in [0.25, 0.3) is 0 Å². The molecule has 7 heteroatoms. The summed E-state index contributed by atoms with van der Waals surface area (Å²) in [6.45, 7) is 1.76. The van der Waals surface area contributed by atoms with Gasteiger partial charge in [-0.1, -0.05) is 18.2 Å². The molecule has 2 aromatic carbocycles. The van der Waals surface area contributed by atoms with E-state index in [0.717, 1.165) is 18.4 Å². The normalized spacial score (nSPS) is 12.8. The molecule has 0 unspecified atom stereocenters. The Morgan fingerprint density at radius 1 is 0.889 bits per heavy atom. The lowest BCUT2D eigenvalue weighted by atomic mass is 10.2. The average molecular weight is 366 g/mol. The predicted octanol–water partition coefficient (Wildman–Crippen LogP) is 3.10. The summed E-state index contributed by atoms with van der Waals surface area (Å²) in [6.07, 6.45) is 1.86. The van der Waals surface area contributed by atoms with E-state index in [2.05, 4.69) is 21.3 Å². The molecule has 1 saturated carbocycles. The van der Waals surface area contributed by atoms with Gasteiger partial charge in [-0.2, -0.15) is 0 Å². The van der Waals surface area contributed by atoms with Crippen LogP contribution in [-0.2, 0) is 9.59 Å². The quantitative estimate of drug-likeness (QED) is 0.632. The van der Waals surface area contributed by atoms with Crippen molar-refractivity contribution in [1.82, 2.24) is 5.32 Å². The topological polar surface area (TPSA) is 99.3 Å². The molecule has 1 aliphatic rings. The van der Waals surface area contributed by atoms with Crippen molar-refractivity contribution in [3.8, 4) is 0 Å². The van der Waals surface area contributed by atoms with Crippen LogP contribution in [-0.4, -0.2) is 24.4 Å². The Morgan fingerprint density at radius 2 is 1.52 bits per heavy atom. The molecule has 27 heavy (non-hydrogen) atoms. The van der Waals surface area contributed by atoms with Crippen molar-refractivity contribution in [2.24, 2.45) is 5.92 Å². The van der Waals surface area contributed by atoms with Gasteiger partial charge in [0.1, 0.15) is 0 Å². The number of nitrogens with one attached hydrogen (secondary N) is 4. The van der Waals surface area contributed by atoms with E-state index in [1.54, 1.807) is 30.3 Å². The van der Waals surface area contributed by atoms with Gasteiger partial charge in [0.25, 0.3) is 0 Å². The maximum Gasteiger partial charge on any atom is 0.319 e. The molecule has 4 N–H and O–H groups in total. The molecule has 140 valence electrons. The molecule has 3 rings (SSSR count). The van der Waals surface area contributed by atoms with Crippen molar-refractivity contribution in [3.63, 3.8) is 0 Å². The number of benzene rings is 2. The van der Waals surface area contributed by atoms with Crippen LogP contribution in [0.5, 0.6) is 0 Å². The van der Waals surface area contributed by atoms with Crippen molar-refractivity contribution < 1.29 is 14.4 Å². The van der Waals surface area contributed by atoms with E-state index in [1.165, 1.54) is 0 Å². The first kappa shape index (κ1) is 18.4. The zero-order chi connectivity index (χ0) is 19.2. The Hall–Kier alpha value is -3.35. The van der Waals surface area contributed by atoms with E-state index < -0.39 is 6.03 Å². The number of rotatable bonds is 6. The summed E-state index contributed by atoms with van der Waals surface area (Å²) in [6, 6.07) is 13.8. The second-order valence-electron chi connectivity index (χ2n) is 6.57. The van der Waals surface area contributed by atoms with Gasteiger partial charge in [0.05, 0.1) is 6.54 Å². The summed E-state index contributed by atoms with van der Waals surface area (Å²) < 4.78 is 0. The van der Waals surface area contributed by atoms with Gasteiger partial charge in [-0.15, -0.1) is 0 Å². The number of hydrogen-bond acceptors (Lipinski definition) is 3. The van der Waals surface area contributed by atoms with E-state index in [9.17, 15) is 14.4 Å². The van der Waals surface area contributed by atoms with Gasteiger partial charge in [-0.05, 0) is 55.7 Å². The molecule has 0 radical (unpaired) electrons. The molecule has 7 nitrogen and oxygen atoms in total. The van der Waals surface area contributed by atoms with Gasteiger partial charge >= 0.3 is 6.03 Å². The molecule has 2 aromatic rings. The van der Waals surface area contributed by atoms with Crippen LogP contribution < -0.4 is 21.3 Å². The second kappa shape index (κ2) is 8.35. The molecule has 1 aliphatic carbocycles. The first-order chi connectivity index (χ1) is 13.0. The van der Waals surface area contributed by atoms with E-state index in [-0.39, 0.29) is 24.3 Å². The Bertz CT molecular complexity index is 862. The molecule has 0 spiro atoms. The molecule has 0 atom stereocenters. The van der Waals surface area contributed by atoms with Gasteiger partial charge in [-0.25, -0.2) is 4.79 Å². The third kappa shape index (κ3) is 5.85. The molecule has 0 aliphatic heterocycles.